The van der Waals surface area contributed by atoms with Crippen molar-refractivity contribution in [3.05, 3.63) is 48.5 Å². The molecule has 8 nitrogen and oxygen atoms in total. The zero-order chi connectivity index (χ0) is 26.0. The number of aliphatic hydroxyl groups excluding tert-OH is 1. The number of carbonyl (C=O) groups excluding carboxylic acids is 3. The third kappa shape index (κ3) is 3.44. The normalized spacial score (nSPS) is 39.5. The van der Waals surface area contributed by atoms with Gasteiger partial charge in [-0.15, -0.1) is 0 Å². The van der Waals surface area contributed by atoms with E-state index in [9.17, 15) is 24.6 Å². The molecule has 2 heterocycles. The van der Waals surface area contributed by atoms with Gasteiger partial charge in [0.15, 0.2) is 11.9 Å². The number of methoxy groups -OCH3 is 1. The fourth-order valence-corrected chi connectivity index (χ4v) is 7.03. The van der Waals surface area contributed by atoms with Crippen molar-refractivity contribution < 1.29 is 38.5 Å². The van der Waals surface area contributed by atoms with E-state index in [-0.39, 0.29) is 12.2 Å². The Labute approximate surface area is 205 Å². The Kier molecular flexibility index (Phi) is 5.92. The lowest BCUT2D eigenvalue weighted by molar-refractivity contribution is -0.216. The Morgan fingerprint density at radius 1 is 1.26 bits per heavy atom. The van der Waals surface area contributed by atoms with Gasteiger partial charge in [0.1, 0.15) is 11.7 Å². The second-order valence-corrected chi connectivity index (χ2v) is 11.2. The predicted molar refractivity (Wildman–Crippen MR) is 125 cm³/mol. The summed E-state index contributed by atoms with van der Waals surface area (Å²) in [5.74, 6) is -2.89. The highest BCUT2D eigenvalue weighted by Crippen LogP contribution is 2.65. The minimum atomic E-state index is -1.61. The van der Waals surface area contributed by atoms with Crippen LogP contribution in [-0.4, -0.2) is 46.7 Å². The van der Waals surface area contributed by atoms with Crippen LogP contribution < -0.4 is 0 Å². The van der Waals surface area contributed by atoms with Crippen molar-refractivity contribution >= 4 is 17.7 Å². The topological polar surface area (TPSA) is 123 Å². The van der Waals surface area contributed by atoms with Crippen LogP contribution in [-0.2, 0) is 23.9 Å². The van der Waals surface area contributed by atoms with Crippen molar-refractivity contribution in [1.82, 2.24) is 0 Å². The number of allylic oxidation sites excluding steroid dienone is 2. The first-order valence-corrected chi connectivity index (χ1v) is 11.9. The Morgan fingerprint density at radius 3 is 2.54 bits per heavy atom. The molecule has 2 fully saturated rings. The van der Waals surface area contributed by atoms with Gasteiger partial charge < -0.3 is 24.1 Å². The average Bonchev–Trinajstić information content (AvgIpc) is 3.32. The Hall–Kier alpha value is -2.71. The molecule has 0 aromatic carbocycles. The van der Waals surface area contributed by atoms with E-state index in [0.29, 0.717) is 24.0 Å². The monoisotopic (exact) mass is 486 g/mol. The summed E-state index contributed by atoms with van der Waals surface area (Å²) < 4.78 is 15.8. The van der Waals surface area contributed by atoms with Gasteiger partial charge in [-0.1, -0.05) is 40.3 Å². The van der Waals surface area contributed by atoms with Crippen LogP contribution in [0.2, 0.25) is 0 Å². The van der Waals surface area contributed by atoms with Crippen LogP contribution in [0.15, 0.2) is 47.3 Å². The molecule has 2 N–H and O–H groups in total. The zero-order valence-electron chi connectivity index (χ0n) is 20.9. The van der Waals surface area contributed by atoms with Gasteiger partial charge in [0, 0.05) is 22.3 Å². The molecule has 0 bridgehead atoms. The number of cyclic esters (lactones) is 1. The molecule has 1 aromatic heterocycles. The molecule has 8 heteroatoms. The summed E-state index contributed by atoms with van der Waals surface area (Å²) in [6.45, 7) is 11.4. The summed E-state index contributed by atoms with van der Waals surface area (Å²) in [5.41, 5.74) is -3.45. The molecule has 1 aliphatic heterocycles. The fraction of sp³-hybridized carbons (Fsp3) is 0.593. The van der Waals surface area contributed by atoms with Gasteiger partial charge in [-0.3, -0.25) is 9.59 Å². The average molecular weight is 487 g/mol. The zero-order valence-corrected chi connectivity index (χ0v) is 20.9. The van der Waals surface area contributed by atoms with E-state index in [0.717, 1.165) is 0 Å². The van der Waals surface area contributed by atoms with E-state index in [1.165, 1.54) is 25.7 Å². The first-order valence-electron chi connectivity index (χ1n) is 11.9. The number of rotatable bonds is 4. The van der Waals surface area contributed by atoms with E-state index in [4.69, 9.17) is 13.9 Å². The molecule has 190 valence electrons. The number of hydrogen-bond acceptors (Lipinski definition) is 8. The minimum Gasteiger partial charge on any atom is -0.472 e. The molecule has 1 aromatic rings. The summed E-state index contributed by atoms with van der Waals surface area (Å²) >= 11 is 0. The van der Waals surface area contributed by atoms with Crippen molar-refractivity contribution in [3.63, 3.8) is 0 Å². The molecule has 1 saturated carbocycles. The minimum absolute atomic E-state index is 0.214. The van der Waals surface area contributed by atoms with Crippen LogP contribution in [0, 0.1) is 28.1 Å². The van der Waals surface area contributed by atoms with E-state index in [1.807, 2.05) is 13.8 Å². The van der Waals surface area contributed by atoms with E-state index in [1.54, 1.807) is 26.0 Å². The number of ketones is 1. The second kappa shape index (κ2) is 8.17. The van der Waals surface area contributed by atoms with Gasteiger partial charge in [0.25, 0.3) is 0 Å². The van der Waals surface area contributed by atoms with Crippen LogP contribution in [0.1, 0.15) is 58.6 Å². The lowest BCUT2D eigenvalue weighted by Gasteiger charge is -2.61. The molecule has 2 aliphatic carbocycles. The van der Waals surface area contributed by atoms with Gasteiger partial charge in [-0.25, -0.2) is 4.79 Å². The number of esters is 2. The largest absolute Gasteiger partial charge is 0.472 e. The number of furan rings is 1. The van der Waals surface area contributed by atoms with E-state index >= 15 is 0 Å². The molecule has 0 spiro atoms. The van der Waals surface area contributed by atoms with Crippen LogP contribution in [0.3, 0.4) is 0 Å². The van der Waals surface area contributed by atoms with E-state index < -0.39 is 57.8 Å². The molecule has 7 atom stereocenters. The molecule has 0 amide bonds. The standard InChI is InChI=1S/C27H34O8/c1-15-17(25(4)10-8-18(28)24(2,3)21(25)20(30)23(31)33-6)7-11-26(5)22(16-9-12-34-14-16)35-19(29)13-27(15,26)32/h8-10,12,14,17,20-22,30,32H,1,7,11,13H2,2-6H3/t17-,20-,21-,22-,25-,26-,27-/m0/s1. The predicted octanol–water partition coefficient (Wildman–Crippen LogP) is 3.29. The molecule has 0 radical (unpaired) electrons. The van der Waals surface area contributed by atoms with Crippen LogP contribution in [0.5, 0.6) is 0 Å². The van der Waals surface area contributed by atoms with Crippen molar-refractivity contribution in [2.75, 3.05) is 7.11 Å². The maximum absolute atomic E-state index is 12.9. The molecular formula is C27H34O8. The fourth-order valence-electron chi connectivity index (χ4n) is 7.03. The molecule has 3 aliphatic rings. The first-order chi connectivity index (χ1) is 16.2. The number of hydrogen-bond donors (Lipinski definition) is 2. The quantitative estimate of drug-likeness (QED) is 0.491. The number of carbonyl (C=O) groups is 3. The highest BCUT2D eigenvalue weighted by Gasteiger charge is 2.66. The SMILES string of the molecule is C=C1[C@@H]([C@]2(C)C=CC(=O)C(C)(C)[C@@H]2[C@H](O)C(=O)OC)CC[C@@]2(C)[C@H](c3ccoc3)OC(=O)C[C@]12O. The molecule has 1 saturated heterocycles. The number of fused-ring (bicyclic) bond motifs is 1. The summed E-state index contributed by atoms with van der Waals surface area (Å²) in [4.78, 5) is 38.0. The van der Waals surface area contributed by atoms with Crippen LogP contribution in [0.25, 0.3) is 0 Å². The third-order valence-electron chi connectivity index (χ3n) is 9.11. The van der Waals surface area contributed by atoms with Crippen LogP contribution in [0.4, 0.5) is 0 Å². The van der Waals surface area contributed by atoms with Crippen molar-refractivity contribution in [2.45, 2.75) is 64.8 Å². The number of aliphatic hydroxyl groups is 2. The summed E-state index contributed by atoms with van der Waals surface area (Å²) in [5, 5.41) is 23.2. The van der Waals surface area contributed by atoms with Gasteiger partial charge in [-0.05, 0) is 41.9 Å². The van der Waals surface area contributed by atoms with Crippen molar-refractivity contribution in [1.29, 1.82) is 0 Å². The smallest absolute Gasteiger partial charge is 0.335 e. The van der Waals surface area contributed by atoms with Crippen molar-refractivity contribution in [3.8, 4) is 0 Å². The summed E-state index contributed by atoms with van der Waals surface area (Å²) in [7, 11) is 1.19. The summed E-state index contributed by atoms with van der Waals surface area (Å²) in [6, 6.07) is 1.71. The lowest BCUT2D eigenvalue weighted by Crippen LogP contribution is -2.63. The molecule has 35 heavy (non-hydrogen) atoms. The van der Waals surface area contributed by atoms with Crippen LogP contribution >= 0.6 is 0 Å². The lowest BCUT2D eigenvalue weighted by atomic mass is 9.45. The highest BCUT2D eigenvalue weighted by molar-refractivity contribution is 5.96. The molecule has 4 rings (SSSR count). The van der Waals surface area contributed by atoms with Crippen molar-refractivity contribution in [2.24, 2.45) is 28.1 Å². The summed E-state index contributed by atoms with van der Waals surface area (Å²) in [6.07, 6.45) is 4.63. The van der Waals surface area contributed by atoms with Gasteiger partial charge >= 0.3 is 11.9 Å². The van der Waals surface area contributed by atoms with Gasteiger partial charge in [-0.2, -0.15) is 0 Å². The molecular weight excluding hydrogens is 452 g/mol. The Morgan fingerprint density at radius 2 is 1.94 bits per heavy atom. The number of ether oxygens (including phenoxy) is 2. The van der Waals surface area contributed by atoms with Gasteiger partial charge in [0.2, 0.25) is 0 Å². The van der Waals surface area contributed by atoms with Gasteiger partial charge in [0.05, 0.1) is 26.1 Å². The van der Waals surface area contributed by atoms with E-state index in [2.05, 4.69) is 6.58 Å². The first kappa shape index (κ1) is 25.4. The Balaban J connectivity index is 1.81. The third-order valence-corrected chi connectivity index (χ3v) is 9.11. The second-order valence-electron chi connectivity index (χ2n) is 11.2. The molecule has 0 unspecified atom stereocenters. The Bertz CT molecular complexity index is 1080. The highest BCUT2D eigenvalue weighted by atomic mass is 16.6. The maximum atomic E-state index is 12.9. The maximum Gasteiger partial charge on any atom is 0.335 e.